The van der Waals surface area contributed by atoms with Crippen LogP contribution in [-0.4, -0.2) is 17.3 Å². The van der Waals surface area contributed by atoms with Crippen LogP contribution in [0, 0.1) is 0 Å². The van der Waals surface area contributed by atoms with Gasteiger partial charge in [-0.25, -0.2) is 0 Å². The third kappa shape index (κ3) is 1.94. The van der Waals surface area contributed by atoms with E-state index in [2.05, 4.69) is 30.1 Å². The van der Waals surface area contributed by atoms with Crippen molar-refractivity contribution in [2.24, 2.45) is 0 Å². The number of rotatable bonds is 3. The van der Waals surface area contributed by atoms with E-state index in [1.165, 1.54) is 5.56 Å². The van der Waals surface area contributed by atoms with Gasteiger partial charge in [-0.15, -0.1) is 0 Å². The molecule has 1 heterocycles. The zero-order chi connectivity index (χ0) is 11.5. The van der Waals surface area contributed by atoms with Gasteiger partial charge in [0.25, 0.3) is 0 Å². The van der Waals surface area contributed by atoms with Crippen LogP contribution in [0.5, 0.6) is 5.75 Å². The van der Waals surface area contributed by atoms with E-state index in [1.807, 2.05) is 24.4 Å². The van der Waals surface area contributed by atoms with Crippen molar-refractivity contribution < 1.29 is 4.74 Å². The Balaban J connectivity index is 2.46. The molecule has 0 spiro atoms. The van der Waals surface area contributed by atoms with Crippen molar-refractivity contribution in [3.63, 3.8) is 0 Å². The molecule has 0 fully saturated rings. The molecule has 3 nitrogen and oxygen atoms in total. The molecule has 0 unspecified atom stereocenters. The summed E-state index contributed by atoms with van der Waals surface area (Å²) in [4.78, 5) is 0. The van der Waals surface area contributed by atoms with E-state index in [0.29, 0.717) is 5.92 Å². The molecule has 84 valence electrons. The van der Waals surface area contributed by atoms with E-state index in [4.69, 9.17) is 4.74 Å². The fourth-order valence-corrected chi connectivity index (χ4v) is 1.74. The minimum atomic E-state index is 0.458. The summed E-state index contributed by atoms with van der Waals surface area (Å²) in [5, 5.41) is 7.16. The van der Waals surface area contributed by atoms with Gasteiger partial charge < -0.3 is 4.74 Å². The van der Waals surface area contributed by atoms with Gasteiger partial charge in [-0.1, -0.05) is 26.0 Å². The van der Waals surface area contributed by atoms with E-state index < -0.39 is 0 Å². The van der Waals surface area contributed by atoms with E-state index >= 15 is 0 Å². The number of benzene rings is 1. The van der Waals surface area contributed by atoms with E-state index in [0.717, 1.165) is 17.0 Å². The Morgan fingerprint density at radius 3 is 2.81 bits per heavy atom. The highest BCUT2D eigenvalue weighted by Crippen LogP contribution is 2.28. The molecule has 0 aliphatic carbocycles. The summed E-state index contributed by atoms with van der Waals surface area (Å²) in [5.74, 6) is 1.32. The number of nitrogens with zero attached hydrogens (tertiary/aromatic N) is 1. The fraction of sp³-hybridized carbons (Fsp3) is 0.308. The van der Waals surface area contributed by atoms with Crippen molar-refractivity contribution in [2.45, 2.75) is 19.8 Å². The van der Waals surface area contributed by atoms with Crippen molar-refractivity contribution in [1.29, 1.82) is 0 Å². The summed E-state index contributed by atoms with van der Waals surface area (Å²) in [7, 11) is 1.68. The van der Waals surface area contributed by atoms with Crippen LogP contribution in [0.2, 0.25) is 0 Å². The Labute approximate surface area is 95.5 Å². The molecular formula is C13H16N2O. The summed E-state index contributed by atoms with van der Waals surface area (Å²) >= 11 is 0. The first-order valence-electron chi connectivity index (χ1n) is 5.40. The number of hydrogen-bond acceptors (Lipinski definition) is 2. The molecule has 1 N–H and O–H groups in total. The third-order valence-electron chi connectivity index (χ3n) is 2.65. The normalized spacial score (nSPS) is 10.8. The van der Waals surface area contributed by atoms with Gasteiger partial charge in [0.1, 0.15) is 5.75 Å². The van der Waals surface area contributed by atoms with Crippen LogP contribution in [0.3, 0.4) is 0 Å². The van der Waals surface area contributed by atoms with Crippen LogP contribution < -0.4 is 4.74 Å². The van der Waals surface area contributed by atoms with Crippen molar-refractivity contribution in [3.8, 4) is 17.0 Å². The largest absolute Gasteiger partial charge is 0.497 e. The van der Waals surface area contributed by atoms with Crippen LogP contribution >= 0.6 is 0 Å². The molecule has 3 heteroatoms. The molecule has 2 rings (SSSR count). The van der Waals surface area contributed by atoms with Gasteiger partial charge in [0.15, 0.2) is 0 Å². The Bertz CT molecular complexity index is 474. The number of hydrogen-bond donors (Lipinski definition) is 1. The number of methoxy groups -OCH3 is 1. The number of ether oxygens (including phenoxy) is 1. The quantitative estimate of drug-likeness (QED) is 0.855. The minimum Gasteiger partial charge on any atom is -0.497 e. The molecule has 0 saturated carbocycles. The molecule has 0 aliphatic heterocycles. The maximum Gasteiger partial charge on any atom is 0.119 e. The highest BCUT2D eigenvalue weighted by atomic mass is 16.5. The van der Waals surface area contributed by atoms with Crippen LogP contribution in [0.15, 0.2) is 30.5 Å². The highest BCUT2D eigenvalue weighted by Gasteiger charge is 2.10. The van der Waals surface area contributed by atoms with Gasteiger partial charge in [-0.3, -0.25) is 5.10 Å². The van der Waals surface area contributed by atoms with Gasteiger partial charge in [-0.2, -0.15) is 5.10 Å². The van der Waals surface area contributed by atoms with Gasteiger partial charge in [-0.05, 0) is 18.1 Å². The summed E-state index contributed by atoms with van der Waals surface area (Å²) in [6, 6.07) is 8.00. The van der Waals surface area contributed by atoms with E-state index in [-0.39, 0.29) is 0 Å². The lowest BCUT2D eigenvalue weighted by atomic mass is 10.00. The van der Waals surface area contributed by atoms with E-state index in [9.17, 15) is 0 Å². The Hall–Kier alpha value is -1.77. The lowest BCUT2D eigenvalue weighted by molar-refractivity contribution is 0.415. The standard InChI is InChI=1S/C13H16N2O/c1-9(2)12-8-14-15-13(12)10-5-4-6-11(7-10)16-3/h4-9H,1-3H3,(H,14,15). The summed E-state index contributed by atoms with van der Waals surface area (Å²) in [5.41, 5.74) is 3.42. The number of aromatic amines is 1. The highest BCUT2D eigenvalue weighted by molar-refractivity contribution is 5.64. The molecule has 0 atom stereocenters. The van der Waals surface area contributed by atoms with Crippen LogP contribution in [0.25, 0.3) is 11.3 Å². The number of H-pyrrole nitrogens is 1. The second-order valence-electron chi connectivity index (χ2n) is 4.09. The van der Waals surface area contributed by atoms with Gasteiger partial charge in [0.05, 0.1) is 19.0 Å². The minimum absolute atomic E-state index is 0.458. The van der Waals surface area contributed by atoms with Crippen molar-refractivity contribution in [3.05, 3.63) is 36.0 Å². The van der Waals surface area contributed by atoms with E-state index in [1.54, 1.807) is 7.11 Å². The SMILES string of the molecule is COc1cccc(-c2[nH]ncc2C(C)C)c1. The number of aromatic nitrogens is 2. The monoisotopic (exact) mass is 216 g/mol. The first-order valence-corrected chi connectivity index (χ1v) is 5.40. The molecule has 1 aromatic heterocycles. The van der Waals surface area contributed by atoms with Gasteiger partial charge in [0, 0.05) is 11.1 Å². The Morgan fingerprint density at radius 1 is 1.31 bits per heavy atom. The Kier molecular flexibility index (Phi) is 2.95. The predicted octanol–water partition coefficient (Wildman–Crippen LogP) is 3.21. The zero-order valence-electron chi connectivity index (χ0n) is 9.82. The fourth-order valence-electron chi connectivity index (χ4n) is 1.74. The summed E-state index contributed by atoms with van der Waals surface area (Å²) in [6.45, 7) is 4.32. The Morgan fingerprint density at radius 2 is 2.12 bits per heavy atom. The molecule has 16 heavy (non-hydrogen) atoms. The first-order chi connectivity index (χ1) is 7.72. The van der Waals surface area contributed by atoms with Crippen LogP contribution in [-0.2, 0) is 0 Å². The van der Waals surface area contributed by atoms with Crippen LogP contribution in [0.4, 0.5) is 0 Å². The average molecular weight is 216 g/mol. The molecule has 0 bridgehead atoms. The molecule has 1 aromatic carbocycles. The topological polar surface area (TPSA) is 37.9 Å². The third-order valence-corrected chi connectivity index (χ3v) is 2.65. The van der Waals surface area contributed by atoms with Crippen molar-refractivity contribution in [2.75, 3.05) is 7.11 Å². The first kappa shape index (κ1) is 10.7. The maximum atomic E-state index is 5.22. The smallest absolute Gasteiger partial charge is 0.119 e. The molecular weight excluding hydrogens is 200 g/mol. The van der Waals surface area contributed by atoms with Crippen LogP contribution in [0.1, 0.15) is 25.3 Å². The number of nitrogens with one attached hydrogen (secondary N) is 1. The second-order valence-corrected chi connectivity index (χ2v) is 4.09. The van der Waals surface area contributed by atoms with Crippen molar-refractivity contribution in [1.82, 2.24) is 10.2 Å². The maximum absolute atomic E-state index is 5.22. The lowest BCUT2D eigenvalue weighted by Gasteiger charge is -2.07. The average Bonchev–Trinajstić information content (AvgIpc) is 2.78. The summed E-state index contributed by atoms with van der Waals surface area (Å²) in [6.07, 6.45) is 1.89. The lowest BCUT2D eigenvalue weighted by Crippen LogP contribution is -1.90. The molecule has 0 saturated heterocycles. The zero-order valence-corrected chi connectivity index (χ0v) is 9.82. The summed E-state index contributed by atoms with van der Waals surface area (Å²) < 4.78 is 5.22. The van der Waals surface area contributed by atoms with Gasteiger partial charge >= 0.3 is 0 Å². The second kappa shape index (κ2) is 4.39. The van der Waals surface area contributed by atoms with Gasteiger partial charge in [0.2, 0.25) is 0 Å². The molecule has 2 aromatic rings. The molecule has 0 radical (unpaired) electrons. The molecule has 0 aliphatic rings. The molecule has 0 amide bonds. The predicted molar refractivity (Wildman–Crippen MR) is 64.7 cm³/mol. The van der Waals surface area contributed by atoms with Crippen molar-refractivity contribution >= 4 is 0 Å².